The number of aromatic nitrogens is 1. The Labute approximate surface area is 84.8 Å². The zero-order valence-corrected chi connectivity index (χ0v) is 8.59. The van der Waals surface area contributed by atoms with Crippen molar-refractivity contribution in [1.82, 2.24) is 10.3 Å². The molecule has 6 heteroatoms. The van der Waals surface area contributed by atoms with Gasteiger partial charge in [0, 0.05) is 0 Å². The minimum absolute atomic E-state index is 0.389. The van der Waals surface area contributed by atoms with Gasteiger partial charge in [0.2, 0.25) is 0 Å². The van der Waals surface area contributed by atoms with Crippen LogP contribution in [0.1, 0.15) is 22.3 Å². The van der Waals surface area contributed by atoms with Gasteiger partial charge >= 0.3 is 5.97 Å². The first kappa shape index (κ1) is 10.6. The van der Waals surface area contributed by atoms with Gasteiger partial charge in [-0.05, 0) is 13.8 Å². The molecule has 5 nitrogen and oxygen atoms in total. The largest absolute Gasteiger partial charge is 0.480 e. The molecular formula is C8H10N2O3S. The van der Waals surface area contributed by atoms with Crippen molar-refractivity contribution in [3.63, 3.8) is 0 Å². The fraction of sp³-hybridized carbons (Fsp3) is 0.375. The van der Waals surface area contributed by atoms with E-state index in [0.717, 1.165) is 0 Å². The van der Waals surface area contributed by atoms with Crippen LogP contribution in [-0.2, 0) is 4.79 Å². The standard InChI is InChI=1S/C8H10N2O3S/c1-4-6(14-3-9-4)7(11)10-5(2)8(12)13/h3,5H,1-2H3,(H,10,11)(H,12,13). The number of hydrogen-bond acceptors (Lipinski definition) is 4. The van der Waals surface area contributed by atoms with E-state index in [4.69, 9.17) is 5.11 Å². The number of carbonyl (C=O) groups excluding carboxylic acids is 1. The van der Waals surface area contributed by atoms with E-state index in [2.05, 4.69) is 10.3 Å². The van der Waals surface area contributed by atoms with Crippen molar-refractivity contribution in [2.24, 2.45) is 0 Å². The molecule has 1 aromatic heterocycles. The Morgan fingerprint density at radius 1 is 1.64 bits per heavy atom. The molecule has 14 heavy (non-hydrogen) atoms. The molecule has 1 heterocycles. The average Bonchev–Trinajstić information content (AvgIpc) is 2.51. The molecule has 0 aliphatic carbocycles. The van der Waals surface area contributed by atoms with Crippen molar-refractivity contribution in [2.45, 2.75) is 19.9 Å². The zero-order valence-electron chi connectivity index (χ0n) is 7.77. The fourth-order valence-corrected chi connectivity index (χ4v) is 1.55. The number of nitrogens with one attached hydrogen (secondary N) is 1. The molecule has 2 N–H and O–H groups in total. The first-order valence-electron chi connectivity index (χ1n) is 3.96. The number of hydrogen-bond donors (Lipinski definition) is 2. The molecule has 0 aromatic carbocycles. The van der Waals surface area contributed by atoms with Crippen LogP contribution >= 0.6 is 11.3 Å². The summed E-state index contributed by atoms with van der Waals surface area (Å²) in [6.45, 7) is 3.12. The summed E-state index contributed by atoms with van der Waals surface area (Å²) in [5.74, 6) is -1.44. The van der Waals surface area contributed by atoms with Gasteiger partial charge in [-0.1, -0.05) is 0 Å². The summed E-state index contributed by atoms with van der Waals surface area (Å²) in [4.78, 5) is 26.3. The van der Waals surface area contributed by atoms with Crippen LogP contribution in [-0.4, -0.2) is 28.0 Å². The SMILES string of the molecule is Cc1ncsc1C(=O)NC(C)C(=O)O. The molecule has 1 rings (SSSR count). The Kier molecular flexibility index (Phi) is 3.19. The lowest BCUT2D eigenvalue weighted by Gasteiger charge is -2.07. The van der Waals surface area contributed by atoms with Crippen LogP contribution < -0.4 is 5.32 Å². The number of thiazole rings is 1. The second-order valence-electron chi connectivity index (χ2n) is 2.80. The smallest absolute Gasteiger partial charge is 0.325 e. The summed E-state index contributed by atoms with van der Waals surface area (Å²) in [6, 6.07) is -0.885. The second kappa shape index (κ2) is 4.19. The van der Waals surface area contributed by atoms with Gasteiger partial charge < -0.3 is 10.4 Å². The van der Waals surface area contributed by atoms with Crippen molar-refractivity contribution in [3.8, 4) is 0 Å². The highest BCUT2D eigenvalue weighted by atomic mass is 32.1. The van der Waals surface area contributed by atoms with Crippen LogP contribution in [0, 0.1) is 6.92 Å². The quantitative estimate of drug-likeness (QED) is 0.774. The molecule has 76 valence electrons. The number of amides is 1. The Morgan fingerprint density at radius 3 is 2.71 bits per heavy atom. The summed E-state index contributed by atoms with van der Waals surface area (Å²) >= 11 is 1.20. The Morgan fingerprint density at radius 2 is 2.29 bits per heavy atom. The highest BCUT2D eigenvalue weighted by Gasteiger charge is 2.17. The Bertz CT molecular complexity index is 361. The normalized spacial score (nSPS) is 12.1. The molecule has 0 radical (unpaired) electrons. The van der Waals surface area contributed by atoms with E-state index in [1.165, 1.54) is 18.3 Å². The van der Waals surface area contributed by atoms with Gasteiger partial charge in [-0.3, -0.25) is 9.59 Å². The van der Waals surface area contributed by atoms with E-state index in [1.54, 1.807) is 12.4 Å². The summed E-state index contributed by atoms with van der Waals surface area (Å²) in [7, 11) is 0. The van der Waals surface area contributed by atoms with Gasteiger partial charge in [-0.25, -0.2) is 4.98 Å². The third-order valence-electron chi connectivity index (χ3n) is 1.67. The van der Waals surface area contributed by atoms with Crippen LogP contribution in [0.15, 0.2) is 5.51 Å². The van der Waals surface area contributed by atoms with Crippen LogP contribution in [0.5, 0.6) is 0 Å². The van der Waals surface area contributed by atoms with E-state index >= 15 is 0 Å². The lowest BCUT2D eigenvalue weighted by Crippen LogP contribution is -2.38. The number of carbonyl (C=O) groups is 2. The molecule has 0 saturated heterocycles. The highest BCUT2D eigenvalue weighted by Crippen LogP contribution is 2.11. The molecule has 0 fully saturated rings. The summed E-state index contributed by atoms with van der Waals surface area (Å²) in [5, 5.41) is 10.9. The lowest BCUT2D eigenvalue weighted by atomic mass is 10.3. The van der Waals surface area contributed by atoms with E-state index in [0.29, 0.717) is 10.6 Å². The van der Waals surface area contributed by atoms with Gasteiger partial charge in [0.15, 0.2) is 0 Å². The van der Waals surface area contributed by atoms with Crippen molar-refractivity contribution >= 4 is 23.2 Å². The number of nitrogens with zero attached hydrogens (tertiary/aromatic N) is 1. The Balaban J connectivity index is 2.69. The van der Waals surface area contributed by atoms with E-state index in [9.17, 15) is 9.59 Å². The molecule has 1 amide bonds. The summed E-state index contributed by atoms with van der Waals surface area (Å²) in [5.41, 5.74) is 2.17. The van der Waals surface area contributed by atoms with Gasteiger partial charge in [0.25, 0.3) is 5.91 Å². The maximum atomic E-state index is 11.4. The van der Waals surface area contributed by atoms with Crippen molar-refractivity contribution in [1.29, 1.82) is 0 Å². The second-order valence-corrected chi connectivity index (χ2v) is 3.66. The number of aryl methyl sites for hydroxylation is 1. The molecule has 1 unspecified atom stereocenters. The van der Waals surface area contributed by atoms with E-state index < -0.39 is 12.0 Å². The van der Waals surface area contributed by atoms with Crippen molar-refractivity contribution < 1.29 is 14.7 Å². The van der Waals surface area contributed by atoms with Crippen molar-refractivity contribution in [3.05, 3.63) is 16.1 Å². The van der Waals surface area contributed by atoms with Gasteiger partial charge in [-0.15, -0.1) is 11.3 Å². The van der Waals surface area contributed by atoms with Gasteiger partial charge in [-0.2, -0.15) is 0 Å². The molecular weight excluding hydrogens is 204 g/mol. The molecule has 0 aliphatic heterocycles. The Hall–Kier alpha value is -1.43. The lowest BCUT2D eigenvalue weighted by molar-refractivity contribution is -0.138. The van der Waals surface area contributed by atoms with E-state index in [-0.39, 0.29) is 5.91 Å². The van der Waals surface area contributed by atoms with Gasteiger partial charge in [0.05, 0.1) is 11.2 Å². The topological polar surface area (TPSA) is 79.3 Å². The maximum absolute atomic E-state index is 11.4. The summed E-state index contributed by atoms with van der Waals surface area (Å²) < 4.78 is 0. The first-order valence-corrected chi connectivity index (χ1v) is 4.84. The van der Waals surface area contributed by atoms with Gasteiger partial charge in [0.1, 0.15) is 10.9 Å². The minimum atomic E-state index is -1.06. The number of carboxylic acids is 1. The van der Waals surface area contributed by atoms with Crippen LogP contribution in [0.4, 0.5) is 0 Å². The van der Waals surface area contributed by atoms with Crippen LogP contribution in [0.2, 0.25) is 0 Å². The highest BCUT2D eigenvalue weighted by molar-refractivity contribution is 7.11. The number of carboxylic acid groups (broad SMARTS) is 1. The molecule has 0 bridgehead atoms. The van der Waals surface area contributed by atoms with E-state index in [1.807, 2.05) is 0 Å². The maximum Gasteiger partial charge on any atom is 0.325 e. The third-order valence-corrected chi connectivity index (χ3v) is 2.60. The average molecular weight is 214 g/mol. The molecule has 1 atom stereocenters. The fourth-order valence-electron chi connectivity index (χ4n) is 0.844. The minimum Gasteiger partial charge on any atom is -0.480 e. The van der Waals surface area contributed by atoms with Crippen molar-refractivity contribution in [2.75, 3.05) is 0 Å². The molecule has 0 aliphatic rings. The number of rotatable bonds is 3. The zero-order chi connectivity index (χ0) is 10.7. The summed E-state index contributed by atoms with van der Waals surface area (Å²) in [6.07, 6.45) is 0. The molecule has 1 aromatic rings. The predicted octanol–water partition coefficient (Wildman–Crippen LogP) is 0.654. The molecule has 0 spiro atoms. The monoisotopic (exact) mass is 214 g/mol. The van der Waals surface area contributed by atoms with Crippen LogP contribution in [0.25, 0.3) is 0 Å². The molecule has 0 saturated carbocycles. The first-order chi connectivity index (χ1) is 6.52. The predicted molar refractivity (Wildman–Crippen MR) is 51.4 cm³/mol. The van der Waals surface area contributed by atoms with Crippen LogP contribution in [0.3, 0.4) is 0 Å². The third kappa shape index (κ3) is 2.29. The number of aliphatic carboxylic acids is 1.